The summed E-state index contributed by atoms with van der Waals surface area (Å²) < 4.78 is 0. The second-order valence-corrected chi connectivity index (χ2v) is 5.40. The number of aromatic amines is 1. The van der Waals surface area contributed by atoms with E-state index in [0.717, 1.165) is 11.1 Å². The van der Waals surface area contributed by atoms with Crippen LogP contribution in [-0.4, -0.2) is 32.7 Å². The highest BCUT2D eigenvalue weighted by molar-refractivity contribution is 5.94. The van der Waals surface area contributed by atoms with Crippen molar-refractivity contribution in [1.82, 2.24) is 20.5 Å². The van der Waals surface area contributed by atoms with Crippen molar-refractivity contribution < 1.29 is 9.90 Å². The number of rotatable bonds is 5. The van der Waals surface area contributed by atoms with Crippen LogP contribution in [0.4, 0.5) is 0 Å². The van der Waals surface area contributed by atoms with E-state index in [1.165, 1.54) is 6.07 Å². The van der Waals surface area contributed by atoms with Crippen LogP contribution in [0.3, 0.4) is 0 Å². The Kier molecular flexibility index (Phi) is 4.84. The Labute approximate surface area is 143 Å². The van der Waals surface area contributed by atoms with E-state index in [1.807, 2.05) is 0 Å². The van der Waals surface area contributed by atoms with Gasteiger partial charge in [0.25, 0.3) is 11.5 Å². The maximum atomic E-state index is 12.3. The summed E-state index contributed by atoms with van der Waals surface area (Å²) >= 11 is 0. The normalized spacial score (nSPS) is 10.4. The van der Waals surface area contributed by atoms with Crippen LogP contribution in [0.25, 0.3) is 11.3 Å². The van der Waals surface area contributed by atoms with Gasteiger partial charge in [-0.05, 0) is 42.3 Å². The zero-order valence-corrected chi connectivity index (χ0v) is 13.3. The first kappa shape index (κ1) is 16.4. The van der Waals surface area contributed by atoms with Crippen molar-refractivity contribution in [2.75, 3.05) is 6.54 Å². The molecule has 25 heavy (non-hydrogen) atoms. The third-order valence-corrected chi connectivity index (χ3v) is 3.66. The number of benzene rings is 1. The van der Waals surface area contributed by atoms with Gasteiger partial charge >= 0.3 is 0 Å². The topological polar surface area (TPSA) is 108 Å². The quantitative estimate of drug-likeness (QED) is 0.654. The molecule has 0 saturated heterocycles. The molecule has 7 heteroatoms. The minimum atomic E-state index is -0.542. The molecule has 0 fully saturated rings. The summed E-state index contributed by atoms with van der Waals surface area (Å²) in [6, 6.07) is 11.7. The fraction of sp³-hybridized carbons (Fsp3) is 0.111. The smallest absolute Gasteiger partial charge is 0.277 e. The Balaban J connectivity index is 1.69. The predicted octanol–water partition coefficient (Wildman–Crippen LogP) is 1.51. The molecule has 1 amide bonds. The van der Waals surface area contributed by atoms with E-state index in [9.17, 15) is 14.7 Å². The molecular formula is C18H16N4O3. The maximum absolute atomic E-state index is 12.3. The minimum absolute atomic E-state index is 0.00696. The molecule has 126 valence electrons. The zero-order chi connectivity index (χ0) is 17.6. The van der Waals surface area contributed by atoms with Gasteiger partial charge in [-0.15, -0.1) is 0 Å². The molecule has 3 rings (SSSR count). The Morgan fingerprint density at radius 3 is 2.56 bits per heavy atom. The third-order valence-electron chi connectivity index (χ3n) is 3.66. The molecule has 3 aromatic rings. The number of carbonyl (C=O) groups excluding carboxylic acids is 1. The molecule has 0 atom stereocenters. The van der Waals surface area contributed by atoms with E-state index in [1.54, 1.807) is 48.8 Å². The van der Waals surface area contributed by atoms with E-state index in [4.69, 9.17) is 0 Å². The Morgan fingerprint density at radius 2 is 1.84 bits per heavy atom. The van der Waals surface area contributed by atoms with Gasteiger partial charge in [0.15, 0.2) is 0 Å². The van der Waals surface area contributed by atoms with Crippen molar-refractivity contribution in [3.05, 3.63) is 76.3 Å². The largest absolute Gasteiger partial charge is 0.508 e. The minimum Gasteiger partial charge on any atom is -0.508 e. The van der Waals surface area contributed by atoms with Crippen molar-refractivity contribution in [1.29, 1.82) is 0 Å². The SMILES string of the molecule is O=C(NCCc1ccc(O)cc1)c1cc(-c2ccncc2)n[nH]c1=O. The fourth-order valence-electron chi connectivity index (χ4n) is 2.32. The van der Waals surface area contributed by atoms with Crippen LogP contribution in [0.2, 0.25) is 0 Å². The molecule has 0 bridgehead atoms. The summed E-state index contributed by atoms with van der Waals surface area (Å²) in [4.78, 5) is 28.1. The molecule has 0 spiro atoms. The first-order chi connectivity index (χ1) is 12.1. The Bertz CT molecular complexity index is 921. The number of nitrogens with zero attached hydrogens (tertiary/aromatic N) is 2. The number of pyridine rings is 1. The second-order valence-electron chi connectivity index (χ2n) is 5.40. The number of hydrogen-bond donors (Lipinski definition) is 3. The van der Waals surface area contributed by atoms with Gasteiger partial charge in [0, 0.05) is 24.5 Å². The van der Waals surface area contributed by atoms with Gasteiger partial charge in [-0.2, -0.15) is 5.10 Å². The molecule has 2 heterocycles. The highest BCUT2D eigenvalue weighted by atomic mass is 16.3. The van der Waals surface area contributed by atoms with Gasteiger partial charge in [0.2, 0.25) is 0 Å². The Hall–Kier alpha value is -3.48. The van der Waals surface area contributed by atoms with Crippen molar-refractivity contribution in [2.24, 2.45) is 0 Å². The van der Waals surface area contributed by atoms with Crippen molar-refractivity contribution >= 4 is 5.91 Å². The molecule has 2 aromatic heterocycles. The van der Waals surface area contributed by atoms with Gasteiger partial charge in [-0.25, -0.2) is 5.10 Å². The summed E-state index contributed by atoms with van der Waals surface area (Å²) in [6.07, 6.45) is 3.81. The maximum Gasteiger partial charge on any atom is 0.277 e. The summed E-state index contributed by atoms with van der Waals surface area (Å²) in [7, 11) is 0. The van der Waals surface area contributed by atoms with Gasteiger partial charge in [-0.1, -0.05) is 12.1 Å². The van der Waals surface area contributed by atoms with Crippen LogP contribution in [0.5, 0.6) is 5.75 Å². The highest BCUT2D eigenvalue weighted by Crippen LogP contribution is 2.14. The molecule has 1 aromatic carbocycles. The van der Waals surface area contributed by atoms with Crippen LogP contribution in [0.1, 0.15) is 15.9 Å². The van der Waals surface area contributed by atoms with E-state index in [-0.39, 0.29) is 11.3 Å². The van der Waals surface area contributed by atoms with Gasteiger partial charge < -0.3 is 10.4 Å². The lowest BCUT2D eigenvalue weighted by Gasteiger charge is -2.06. The van der Waals surface area contributed by atoms with E-state index in [2.05, 4.69) is 20.5 Å². The molecule has 3 N–H and O–H groups in total. The van der Waals surface area contributed by atoms with Crippen LogP contribution in [-0.2, 0) is 6.42 Å². The number of carbonyl (C=O) groups is 1. The number of aromatic hydroxyl groups is 1. The number of hydrogen-bond acceptors (Lipinski definition) is 5. The monoisotopic (exact) mass is 336 g/mol. The summed E-state index contributed by atoms with van der Waals surface area (Å²) in [6.45, 7) is 0.371. The van der Waals surface area contributed by atoms with Crippen molar-refractivity contribution in [2.45, 2.75) is 6.42 Å². The van der Waals surface area contributed by atoms with Crippen LogP contribution < -0.4 is 10.9 Å². The predicted molar refractivity (Wildman–Crippen MR) is 92.2 cm³/mol. The van der Waals surface area contributed by atoms with Crippen molar-refractivity contribution in [3.8, 4) is 17.0 Å². The molecule has 7 nitrogen and oxygen atoms in total. The van der Waals surface area contributed by atoms with Gasteiger partial charge in [0.05, 0.1) is 5.69 Å². The zero-order valence-electron chi connectivity index (χ0n) is 13.3. The standard InChI is InChI=1S/C18H16N4O3/c23-14-3-1-12(2-4-14)5-10-20-17(24)15-11-16(21-22-18(15)25)13-6-8-19-9-7-13/h1-4,6-9,11,23H,5,10H2,(H,20,24)(H,22,25). The molecular weight excluding hydrogens is 320 g/mol. The number of phenolic OH excluding ortho intramolecular Hbond substituents is 1. The summed E-state index contributed by atoms with van der Waals surface area (Å²) in [5.41, 5.74) is 1.68. The molecule has 0 unspecified atom stereocenters. The van der Waals surface area contributed by atoms with Crippen LogP contribution in [0.15, 0.2) is 59.7 Å². The number of phenols is 1. The second kappa shape index (κ2) is 7.39. The lowest BCUT2D eigenvalue weighted by molar-refractivity contribution is 0.0952. The number of nitrogens with one attached hydrogen (secondary N) is 2. The average molecular weight is 336 g/mol. The number of H-pyrrole nitrogens is 1. The molecule has 0 saturated carbocycles. The number of aromatic nitrogens is 3. The molecule has 0 aliphatic rings. The lowest BCUT2D eigenvalue weighted by atomic mass is 10.1. The first-order valence-electron chi connectivity index (χ1n) is 7.70. The summed E-state index contributed by atoms with van der Waals surface area (Å²) in [5.74, 6) is -0.266. The molecule has 0 aliphatic heterocycles. The van der Waals surface area contributed by atoms with Gasteiger partial charge in [0.1, 0.15) is 11.3 Å². The molecule has 0 radical (unpaired) electrons. The summed E-state index contributed by atoms with van der Waals surface area (Å²) in [5, 5.41) is 18.3. The first-order valence-corrected chi connectivity index (χ1v) is 7.70. The third kappa shape index (κ3) is 4.08. The van der Waals surface area contributed by atoms with E-state index in [0.29, 0.717) is 18.7 Å². The average Bonchev–Trinajstić information content (AvgIpc) is 2.64. The van der Waals surface area contributed by atoms with Crippen LogP contribution >= 0.6 is 0 Å². The number of amides is 1. The fourth-order valence-corrected chi connectivity index (χ4v) is 2.32. The van der Waals surface area contributed by atoms with Crippen LogP contribution in [0, 0.1) is 0 Å². The Morgan fingerprint density at radius 1 is 1.12 bits per heavy atom. The lowest BCUT2D eigenvalue weighted by Crippen LogP contribution is -2.31. The van der Waals surface area contributed by atoms with Crippen molar-refractivity contribution in [3.63, 3.8) is 0 Å². The molecule has 0 aliphatic carbocycles. The van der Waals surface area contributed by atoms with Gasteiger partial charge in [-0.3, -0.25) is 14.6 Å². The van der Waals surface area contributed by atoms with E-state index < -0.39 is 11.5 Å². The highest BCUT2D eigenvalue weighted by Gasteiger charge is 2.12. The van der Waals surface area contributed by atoms with E-state index >= 15 is 0 Å².